The van der Waals surface area contributed by atoms with Crippen LogP contribution >= 0.6 is 0 Å². The number of piperidine rings is 1. The van der Waals surface area contributed by atoms with Crippen molar-refractivity contribution in [3.63, 3.8) is 0 Å². The maximum atomic E-state index is 5.45. The fourth-order valence-corrected chi connectivity index (χ4v) is 2.79. The molecular weight excluding hydrogens is 188 g/mol. The molecule has 0 saturated carbocycles. The Morgan fingerprint density at radius 1 is 1.40 bits per heavy atom. The van der Waals surface area contributed by atoms with E-state index in [0.717, 1.165) is 12.5 Å². The van der Waals surface area contributed by atoms with Gasteiger partial charge in [0.25, 0.3) is 0 Å². The summed E-state index contributed by atoms with van der Waals surface area (Å²) in [5.41, 5.74) is 0. The monoisotopic (exact) mass is 212 g/mol. The second kappa shape index (κ2) is 5.28. The zero-order valence-electron chi connectivity index (χ0n) is 10.0. The second-order valence-electron chi connectivity index (χ2n) is 5.09. The Kier molecular flexibility index (Phi) is 4.00. The van der Waals surface area contributed by atoms with Gasteiger partial charge in [-0.05, 0) is 38.3 Å². The van der Waals surface area contributed by atoms with Crippen LogP contribution in [0, 0.1) is 5.92 Å². The van der Waals surface area contributed by atoms with Crippen molar-refractivity contribution in [2.45, 2.75) is 38.3 Å². The Morgan fingerprint density at radius 3 is 2.93 bits per heavy atom. The molecule has 1 N–H and O–H groups in total. The van der Waals surface area contributed by atoms with Gasteiger partial charge in [-0.25, -0.2) is 0 Å². The molecule has 0 aromatic carbocycles. The molecule has 0 aromatic heterocycles. The third-order valence-corrected chi connectivity index (χ3v) is 3.94. The quantitative estimate of drug-likeness (QED) is 0.758. The first-order valence-electron chi connectivity index (χ1n) is 6.28. The Hall–Kier alpha value is -0.120. The molecule has 3 unspecified atom stereocenters. The fraction of sp³-hybridized carbons (Fsp3) is 1.00. The van der Waals surface area contributed by atoms with Gasteiger partial charge in [0.1, 0.15) is 0 Å². The number of ether oxygens (including phenoxy) is 1. The van der Waals surface area contributed by atoms with Gasteiger partial charge in [0.15, 0.2) is 0 Å². The van der Waals surface area contributed by atoms with Gasteiger partial charge in [-0.1, -0.05) is 6.92 Å². The minimum atomic E-state index is 0.468. The maximum Gasteiger partial charge on any atom is 0.0698 e. The van der Waals surface area contributed by atoms with Crippen LogP contribution in [-0.2, 0) is 4.74 Å². The average molecular weight is 212 g/mol. The van der Waals surface area contributed by atoms with Crippen LogP contribution in [0.2, 0.25) is 0 Å². The van der Waals surface area contributed by atoms with Gasteiger partial charge in [-0.2, -0.15) is 0 Å². The van der Waals surface area contributed by atoms with E-state index >= 15 is 0 Å². The predicted octanol–water partition coefficient (Wildman–Crippen LogP) is 1.10. The summed E-state index contributed by atoms with van der Waals surface area (Å²) in [7, 11) is 1.84. The second-order valence-corrected chi connectivity index (χ2v) is 5.09. The van der Waals surface area contributed by atoms with Crippen molar-refractivity contribution >= 4 is 0 Å². The van der Waals surface area contributed by atoms with E-state index in [0.29, 0.717) is 12.1 Å². The van der Waals surface area contributed by atoms with Crippen LogP contribution in [0.15, 0.2) is 0 Å². The highest BCUT2D eigenvalue weighted by Crippen LogP contribution is 2.18. The highest BCUT2D eigenvalue weighted by Gasteiger charge is 2.27. The highest BCUT2D eigenvalue weighted by molar-refractivity contribution is 4.85. The zero-order valence-corrected chi connectivity index (χ0v) is 10.0. The smallest absolute Gasteiger partial charge is 0.0698 e. The van der Waals surface area contributed by atoms with Crippen molar-refractivity contribution in [1.29, 1.82) is 0 Å². The molecule has 0 spiro atoms. The van der Waals surface area contributed by atoms with E-state index in [-0.39, 0.29) is 0 Å². The number of hydrogen-bond acceptors (Lipinski definition) is 3. The molecular formula is C12H24N2O. The van der Waals surface area contributed by atoms with Gasteiger partial charge in [0.05, 0.1) is 6.10 Å². The summed E-state index contributed by atoms with van der Waals surface area (Å²) >= 11 is 0. The van der Waals surface area contributed by atoms with Crippen LogP contribution in [0.4, 0.5) is 0 Å². The number of nitrogens with one attached hydrogen (secondary N) is 1. The standard InChI is InChI=1S/C12H24N2O/c1-10-5-6-13-12(10)9-14-7-3-4-11(8-14)15-2/h10-13H,3-9H2,1-2H3. The number of methoxy groups -OCH3 is 1. The maximum absolute atomic E-state index is 5.45. The molecule has 88 valence electrons. The lowest BCUT2D eigenvalue weighted by molar-refractivity contribution is 0.0274. The minimum absolute atomic E-state index is 0.468. The Labute approximate surface area is 93.2 Å². The molecule has 2 aliphatic heterocycles. The molecule has 3 nitrogen and oxygen atoms in total. The number of nitrogens with zero attached hydrogens (tertiary/aromatic N) is 1. The molecule has 2 rings (SSSR count). The normalized spacial score (nSPS) is 38.4. The van der Waals surface area contributed by atoms with Gasteiger partial charge < -0.3 is 10.1 Å². The summed E-state index contributed by atoms with van der Waals surface area (Å²) in [6, 6.07) is 0.709. The third kappa shape index (κ3) is 2.92. The van der Waals surface area contributed by atoms with Crippen LogP contribution in [0.1, 0.15) is 26.2 Å². The first-order chi connectivity index (χ1) is 7.29. The molecule has 2 saturated heterocycles. The Morgan fingerprint density at radius 2 is 2.27 bits per heavy atom. The summed E-state index contributed by atoms with van der Waals surface area (Å²) in [6.07, 6.45) is 4.34. The molecule has 0 bridgehead atoms. The van der Waals surface area contributed by atoms with Crippen LogP contribution in [0.5, 0.6) is 0 Å². The molecule has 2 heterocycles. The molecule has 3 heteroatoms. The van der Waals surface area contributed by atoms with Crippen molar-refractivity contribution in [1.82, 2.24) is 10.2 Å². The molecule has 0 amide bonds. The molecule has 0 aliphatic carbocycles. The Balaban J connectivity index is 1.78. The fourth-order valence-electron chi connectivity index (χ4n) is 2.79. The summed E-state index contributed by atoms with van der Waals surface area (Å²) in [6.45, 7) is 7.16. The van der Waals surface area contributed by atoms with E-state index in [1.807, 2.05) is 7.11 Å². The number of likely N-dealkylation sites (tertiary alicyclic amines) is 1. The minimum Gasteiger partial charge on any atom is -0.380 e. The van der Waals surface area contributed by atoms with Gasteiger partial charge in [0.2, 0.25) is 0 Å². The average Bonchev–Trinajstić information content (AvgIpc) is 2.65. The summed E-state index contributed by atoms with van der Waals surface area (Å²) in [5, 5.41) is 3.60. The lowest BCUT2D eigenvalue weighted by Gasteiger charge is -2.34. The molecule has 15 heavy (non-hydrogen) atoms. The SMILES string of the molecule is COC1CCCN(CC2NCCC2C)C1. The predicted molar refractivity (Wildman–Crippen MR) is 62.0 cm³/mol. The summed E-state index contributed by atoms with van der Waals surface area (Å²) in [4.78, 5) is 2.57. The van der Waals surface area contributed by atoms with Crippen molar-refractivity contribution in [3.8, 4) is 0 Å². The van der Waals surface area contributed by atoms with E-state index in [9.17, 15) is 0 Å². The zero-order chi connectivity index (χ0) is 10.7. The van der Waals surface area contributed by atoms with Crippen LogP contribution in [0.3, 0.4) is 0 Å². The van der Waals surface area contributed by atoms with E-state index in [1.54, 1.807) is 0 Å². The van der Waals surface area contributed by atoms with E-state index < -0.39 is 0 Å². The van der Waals surface area contributed by atoms with Gasteiger partial charge in [-0.3, -0.25) is 4.90 Å². The summed E-state index contributed by atoms with van der Waals surface area (Å²) < 4.78 is 5.45. The highest BCUT2D eigenvalue weighted by atomic mass is 16.5. The van der Waals surface area contributed by atoms with Crippen molar-refractivity contribution in [3.05, 3.63) is 0 Å². The molecule has 2 aliphatic rings. The Bertz CT molecular complexity index is 198. The van der Waals surface area contributed by atoms with Crippen LogP contribution in [-0.4, -0.2) is 50.3 Å². The molecule has 0 radical (unpaired) electrons. The molecule has 2 fully saturated rings. The first kappa shape index (κ1) is 11.4. The van der Waals surface area contributed by atoms with Crippen molar-refractivity contribution in [2.24, 2.45) is 5.92 Å². The topological polar surface area (TPSA) is 24.5 Å². The van der Waals surface area contributed by atoms with Gasteiger partial charge >= 0.3 is 0 Å². The van der Waals surface area contributed by atoms with Gasteiger partial charge in [0, 0.05) is 26.2 Å². The first-order valence-corrected chi connectivity index (χ1v) is 6.28. The van der Waals surface area contributed by atoms with Crippen LogP contribution < -0.4 is 5.32 Å². The summed E-state index contributed by atoms with van der Waals surface area (Å²) in [5.74, 6) is 0.841. The number of hydrogen-bond donors (Lipinski definition) is 1. The molecule has 3 atom stereocenters. The van der Waals surface area contributed by atoms with Crippen molar-refractivity contribution in [2.75, 3.05) is 33.3 Å². The lowest BCUT2D eigenvalue weighted by atomic mass is 10.0. The van der Waals surface area contributed by atoms with Crippen molar-refractivity contribution < 1.29 is 4.74 Å². The lowest BCUT2D eigenvalue weighted by Crippen LogP contribution is -2.46. The van der Waals surface area contributed by atoms with Gasteiger partial charge in [-0.15, -0.1) is 0 Å². The number of rotatable bonds is 3. The largest absolute Gasteiger partial charge is 0.380 e. The van der Waals surface area contributed by atoms with E-state index in [4.69, 9.17) is 4.74 Å². The molecule has 0 aromatic rings. The van der Waals surface area contributed by atoms with E-state index in [2.05, 4.69) is 17.1 Å². The third-order valence-electron chi connectivity index (χ3n) is 3.94. The van der Waals surface area contributed by atoms with E-state index in [1.165, 1.54) is 38.9 Å². The van der Waals surface area contributed by atoms with Crippen LogP contribution in [0.25, 0.3) is 0 Å².